The summed E-state index contributed by atoms with van der Waals surface area (Å²) in [4.78, 5) is 0. The van der Waals surface area contributed by atoms with E-state index in [2.05, 4.69) is 57.6 Å². The molecule has 0 saturated carbocycles. The molecular formula is C56H109NO3S. The minimum Gasteiger partial charge on any atom is -0.748 e. The van der Waals surface area contributed by atoms with Crippen molar-refractivity contribution in [3.8, 4) is 0 Å². The van der Waals surface area contributed by atoms with Crippen LogP contribution in [-0.4, -0.2) is 29.8 Å². The van der Waals surface area contributed by atoms with Gasteiger partial charge in [-0.05, 0) is 56.8 Å². The molecular weight excluding hydrogens is 767 g/mol. The Bertz CT molecular complexity index is 947. The predicted molar refractivity (Wildman–Crippen MR) is 272 cm³/mol. The summed E-state index contributed by atoms with van der Waals surface area (Å²) in [7, 11) is -4.31. The second kappa shape index (κ2) is 48.5. The monoisotopic (exact) mass is 876 g/mol. The highest BCUT2D eigenvalue weighted by atomic mass is 32.2. The number of rotatable bonds is 51. The van der Waals surface area contributed by atoms with E-state index in [9.17, 15) is 13.0 Å². The average molecular weight is 877 g/mol. The van der Waals surface area contributed by atoms with E-state index in [-0.39, 0.29) is 12.3 Å². The first-order chi connectivity index (χ1) is 29.9. The standard InChI is InChI=1S/C56H109NO3S/c1-4-7-10-13-16-19-22-25-28-31-34-37-40-43-46-49-52-57(55-56-61(58,59)60,53-50-47-44-41-38-35-32-29-26-23-20-17-14-11-8-5-2)54-51-48-45-42-39-36-33-30-27-24-21-18-15-12-9-6-3/h49-54H,4-48,55-56H2,1-3H3/b52-49+,53-50+,54-51+. The van der Waals surface area contributed by atoms with E-state index in [1.807, 2.05) is 0 Å². The summed E-state index contributed by atoms with van der Waals surface area (Å²) >= 11 is 0. The molecule has 0 aliphatic carbocycles. The van der Waals surface area contributed by atoms with Crippen molar-refractivity contribution in [3.05, 3.63) is 36.8 Å². The van der Waals surface area contributed by atoms with Gasteiger partial charge in [0.15, 0.2) is 0 Å². The second-order valence-corrected chi connectivity index (χ2v) is 20.8. The topological polar surface area (TPSA) is 57.2 Å². The molecule has 5 heteroatoms. The van der Waals surface area contributed by atoms with Gasteiger partial charge in [0.2, 0.25) is 0 Å². The van der Waals surface area contributed by atoms with E-state index in [0.29, 0.717) is 4.48 Å². The highest BCUT2D eigenvalue weighted by molar-refractivity contribution is 7.85. The first kappa shape index (κ1) is 60.1. The fourth-order valence-corrected chi connectivity index (χ4v) is 9.36. The first-order valence-corrected chi connectivity index (χ1v) is 29.3. The minimum absolute atomic E-state index is 0.269. The third-order valence-corrected chi connectivity index (χ3v) is 13.7. The van der Waals surface area contributed by atoms with Crippen molar-refractivity contribution in [1.82, 2.24) is 0 Å². The van der Waals surface area contributed by atoms with E-state index in [0.717, 1.165) is 19.3 Å². The molecule has 0 aliphatic rings. The molecule has 0 unspecified atom stereocenters. The lowest BCUT2D eigenvalue weighted by molar-refractivity contribution is -0.770. The SMILES string of the molecule is CCCCCCCCCCCCCCCC/C=C/[N+](/C=C/CCCCCCCCCCCCCCCC)(/C=C/CCCCCCCCCCCCCCCC)CCS(=O)(=O)[O-]. The molecule has 0 fully saturated rings. The van der Waals surface area contributed by atoms with Gasteiger partial charge in [0.25, 0.3) is 0 Å². The lowest BCUT2D eigenvalue weighted by Crippen LogP contribution is -2.35. The molecule has 61 heavy (non-hydrogen) atoms. The van der Waals surface area contributed by atoms with Gasteiger partial charge in [-0.3, -0.25) is 0 Å². The maximum atomic E-state index is 11.9. The number of unbranched alkanes of at least 4 members (excludes halogenated alkanes) is 42. The quantitative estimate of drug-likeness (QED) is 0.0347. The molecule has 0 aromatic heterocycles. The van der Waals surface area contributed by atoms with Crippen molar-refractivity contribution in [1.29, 1.82) is 0 Å². The first-order valence-electron chi connectivity index (χ1n) is 27.7. The zero-order valence-corrected chi connectivity index (χ0v) is 42.6. The molecule has 0 radical (unpaired) electrons. The van der Waals surface area contributed by atoms with Crippen LogP contribution in [0.15, 0.2) is 36.8 Å². The van der Waals surface area contributed by atoms with E-state index >= 15 is 0 Å². The van der Waals surface area contributed by atoms with Crippen molar-refractivity contribution in [2.75, 3.05) is 12.3 Å². The average Bonchev–Trinajstić information content (AvgIpc) is 3.24. The zero-order valence-electron chi connectivity index (χ0n) is 41.8. The van der Waals surface area contributed by atoms with Gasteiger partial charge in [0.05, 0.1) is 5.75 Å². The highest BCUT2D eigenvalue weighted by Crippen LogP contribution is 2.20. The molecule has 0 saturated heterocycles. The van der Waals surface area contributed by atoms with Crippen LogP contribution in [0, 0.1) is 0 Å². The Labute approximate surface area is 384 Å². The Balaban J connectivity index is 4.84. The fourth-order valence-electron chi connectivity index (χ4n) is 8.83. The molecule has 4 nitrogen and oxygen atoms in total. The number of hydrogen-bond acceptors (Lipinski definition) is 3. The molecule has 0 rings (SSSR count). The maximum Gasteiger partial charge on any atom is 0.104 e. The highest BCUT2D eigenvalue weighted by Gasteiger charge is 2.20. The predicted octanol–water partition coefficient (Wildman–Crippen LogP) is 19.5. The molecule has 0 aliphatic heterocycles. The zero-order chi connectivity index (χ0) is 44.5. The van der Waals surface area contributed by atoms with Gasteiger partial charge in [-0.2, -0.15) is 0 Å². The fraction of sp³-hybridized carbons (Fsp3) is 0.893. The Hall–Kier alpha value is -0.910. The molecule has 0 spiro atoms. The summed E-state index contributed by atoms with van der Waals surface area (Å²) in [5, 5.41) is 0. The summed E-state index contributed by atoms with van der Waals surface area (Å²) in [6, 6.07) is 0. The van der Waals surface area contributed by atoms with Crippen LogP contribution >= 0.6 is 0 Å². The Morgan fingerprint density at radius 2 is 0.492 bits per heavy atom. The van der Waals surface area contributed by atoms with Gasteiger partial charge >= 0.3 is 0 Å². The van der Waals surface area contributed by atoms with Crippen LogP contribution in [0.2, 0.25) is 0 Å². The molecule has 0 aromatic rings. The van der Waals surface area contributed by atoms with Gasteiger partial charge in [0.1, 0.15) is 35.3 Å². The normalized spacial score (nSPS) is 12.7. The molecule has 0 aromatic carbocycles. The van der Waals surface area contributed by atoms with E-state index in [1.165, 1.54) is 270 Å². The van der Waals surface area contributed by atoms with Gasteiger partial charge in [-0.15, -0.1) is 0 Å². The second-order valence-electron chi connectivity index (χ2n) is 19.3. The third-order valence-electron chi connectivity index (χ3n) is 13.1. The van der Waals surface area contributed by atoms with Crippen LogP contribution in [0.3, 0.4) is 0 Å². The van der Waals surface area contributed by atoms with Gasteiger partial charge in [0, 0.05) is 0 Å². The summed E-state index contributed by atoms with van der Waals surface area (Å²) in [5.41, 5.74) is 0. The van der Waals surface area contributed by atoms with Gasteiger partial charge < -0.3 is 4.55 Å². The van der Waals surface area contributed by atoms with Crippen LogP contribution in [0.1, 0.15) is 310 Å². The minimum atomic E-state index is -4.31. The largest absolute Gasteiger partial charge is 0.748 e. The Morgan fingerprint density at radius 1 is 0.311 bits per heavy atom. The molecule has 0 heterocycles. The number of hydrogen-bond donors (Lipinski definition) is 0. The number of allylic oxidation sites excluding steroid dienone is 3. The third kappa shape index (κ3) is 48.4. The molecule has 362 valence electrons. The summed E-state index contributed by atoms with van der Waals surface area (Å²) < 4.78 is 36.1. The van der Waals surface area contributed by atoms with Crippen LogP contribution in [-0.2, 0) is 10.1 Å². The van der Waals surface area contributed by atoms with Gasteiger partial charge in [-0.1, -0.05) is 271 Å². The van der Waals surface area contributed by atoms with Crippen LogP contribution in [0.5, 0.6) is 0 Å². The molecule has 0 bridgehead atoms. The lowest BCUT2D eigenvalue weighted by Gasteiger charge is -2.27. The summed E-state index contributed by atoms with van der Waals surface area (Å²) in [6.07, 6.45) is 73.4. The van der Waals surface area contributed by atoms with Crippen LogP contribution < -0.4 is 0 Å². The van der Waals surface area contributed by atoms with Crippen LogP contribution in [0.4, 0.5) is 0 Å². The maximum absolute atomic E-state index is 11.9. The Kier molecular flexibility index (Phi) is 47.8. The smallest absolute Gasteiger partial charge is 0.104 e. The number of quaternary nitrogens is 1. The lowest BCUT2D eigenvalue weighted by atomic mass is 10.0. The van der Waals surface area contributed by atoms with Crippen LogP contribution in [0.25, 0.3) is 0 Å². The number of nitrogens with zero attached hydrogens (tertiary/aromatic N) is 1. The molecule has 0 N–H and O–H groups in total. The van der Waals surface area contributed by atoms with E-state index in [4.69, 9.17) is 0 Å². The van der Waals surface area contributed by atoms with Gasteiger partial charge in [-0.25, -0.2) is 12.9 Å². The van der Waals surface area contributed by atoms with Crippen molar-refractivity contribution in [2.45, 2.75) is 310 Å². The summed E-state index contributed by atoms with van der Waals surface area (Å²) in [6.45, 7) is 7.14. The van der Waals surface area contributed by atoms with Crippen molar-refractivity contribution >= 4 is 10.1 Å². The molecule has 0 atom stereocenters. The van der Waals surface area contributed by atoms with E-state index < -0.39 is 10.1 Å². The summed E-state index contributed by atoms with van der Waals surface area (Å²) in [5.74, 6) is -0.345. The molecule has 0 amide bonds. The van der Waals surface area contributed by atoms with Crippen molar-refractivity contribution < 1.29 is 17.5 Å². The Morgan fingerprint density at radius 3 is 0.672 bits per heavy atom. The van der Waals surface area contributed by atoms with Crippen molar-refractivity contribution in [2.24, 2.45) is 0 Å². The van der Waals surface area contributed by atoms with Crippen molar-refractivity contribution in [3.63, 3.8) is 0 Å². The van der Waals surface area contributed by atoms with E-state index in [1.54, 1.807) is 0 Å².